The van der Waals surface area contributed by atoms with E-state index in [0.29, 0.717) is 25.8 Å². The number of carbonyl (C=O) groups is 3. The maximum absolute atomic E-state index is 13.0. The summed E-state index contributed by atoms with van der Waals surface area (Å²) in [5.41, 5.74) is 4.74. The highest BCUT2D eigenvalue weighted by molar-refractivity contribution is 5.87. The molecule has 2 aliphatic carbocycles. The van der Waals surface area contributed by atoms with Crippen LogP contribution in [0.5, 0.6) is 0 Å². The fraction of sp³-hybridized carbons (Fsp3) is 0.531. The number of hydrogen-bond donors (Lipinski definition) is 3. The number of rotatable bonds is 11. The number of fused-ring (bicyclic) bond motifs is 3. The molecular weight excluding hydrogens is 506 g/mol. The summed E-state index contributed by atoms with van der Waals surface area (Å²) in [6, 6.07) is 15.6. The van der Waals surface area contributed by atoms with Crippen molar-refractivity contribution >= 4 is 18.0 Å². The minimum atomic E-state index is -0.675. The number of alkyl carbamates (subject to hydrolysis) is 1. The van der Waals surface area contributed by atoms with Crippen LogP contribution in [0.1, 0.15) is 81.3 Å². The van der Waals surface area contributed by atoms with Gasteiger partial charge in [-0.25, -0.2) is 9.59 Å². The number of benzene rings is 2. The van der Waals surface area contributed by atoms with E-state index < -0.39 is 12.1 Å². The Balaban J connectivity index is 1.06. The van der Waals surface area contributed by atoms with Gasteiger partial charge in [0.2, 0.25) is 5.91 Å². The second-order valence-electron chi connectivity index (χ2n) is 11.2. The van der Waals surface area contributed by atoms with E-state index in [4.69, 9.17) is 9.47 Å². The van der Waals surface area contributed by atoms with Crippen molar-refractivity contribution in [3.63, 3.8) is 0 Å². The number of esters is 1. The Morgan fingerprint density at radius 1 is 0.875 bits per heavy atom. The molecule has 1 heterocycles. The van der Waals surface area contributed by atoms with Crippen molar-refractivity contribution in [2.75, 3.05) is 19.7 Å². The number of ether oxygens (including phenoxy) is 2. The molecule has 0 aromatic heterocycles. The van der Waals surface area contributed by atoms with Crippen LogP contribution in [0.3, 0.4) is 0 Å². The molecule has 5 rings (SSSR count). The zero-order valence-corrected chi connectivity index (χ0v) is 23.2. The molecule has 3 aliphatic rings. The van der Waals surface area contributed by atoms with Crippen molar-refractivity contribution in [2.45, 2.75) is 88.3 Å². The van der Waals surface area contributed by atoms with Crippen molar-refractivity contribution in [3.05, 3.63) is 59.7 Å². The van der Waals surface area contributed by atoms with Gasteiger partial charge in [0.25, 0.3) is 0 Å². The van der Waals surface area contributed by atoms with E-state index in [1.165, 1.54) is 28.7 Å². The number of nitrogens with one attached hydrogen (secondary N) is 3. The van der Waals surface area contributed by atoms with Crippen molar-refractivity contribution < 1.29 is 23.9 Å². The topological polar surface area (TPSA) is 106 Å². The highest BCUT2D eigenvalue weighted by Gasteiger charge is 2.31. The minimum Gasteiger partial charge on any atom is -0.461 e. The first kappa shape index (κ1) is 28.1. The molecule has 3 N–H and O–H groups in total. The minimum absolute atomic E-state index is 0.0204. The maximum atomic E-state index is 13.0. The van der Waals surface area contributed by atoms with Gasteiger partial charge in [-0.05, 0) is 86.6 Å². The average Bonchev–Trinajstić information content (AvgIpc) is 3.63. The van der Waals surface area contributed by atoms with Gasteiger partial charge in [-0.15, -0.1) is 0 Å². The Kier molecular flexibility index (Phi) is 9.71. The monoisotopic (exact) mass is 547 g/mol. The third-order valence-corrected chi connectivity index (χ3v) is 8.35. The molecule has 40 heavy (non-hydrogen) atoms. The van der Waals surface area contributed by atoms with Gasteiger partial charge >= 0.3 is 12.1 Å². The van der Waals surface area contributed by atoms with E-state index >= 15 is 0 Å². The van der Waals surface area contributed by atoms with E-state index in [9.17, 15) is 14.4 Å². The molecule has 8 nitrogen and oxygen atoms in total. The Morgan fingerprint density at radius 3 is 2.25 bits per heavy atom. The SMILES string of the molecule is O=C(NCCCCC(NC(=O)C1CCCN1)C(=O)OC1CCCCC1)OCC1c2ccccc2-c2ccccc21. The summed E-state index contributed by atoms with van der Waals surface area (Å²) in [6.45, 7) is 1.52. The van der Waals surface area contributed by atoms with Crippen molar-refractivity contribution in [2.24, 2.45) is 0 Å². The van der Waals surface area contributed by atoms with Crippen LogP contribution in [0, 0.1) is 0 Å². The Labute approximate surface area is 236 Å². The molecule has 0 radical (unpaired) electrons. The highest BCUT2D eigenvalue weighted by atomic mass is 16.6. The summed E-state index contributed by atoms with van der Waals surface area (Å²) in [5.74, 6) is -0.463. The molecule has 2 amide bonds. The van der Waals surface area contributed by atoms with Gasteiger partial charge in [-0.2, -0.15) is 0 Å². The Hall–Kier alpha value is -3.39. The van der Waals surface area contributed by atoms with Gasteiger partial charge in [-0.1, -0.05) is 55.0 Å². The zero-order valence-electron chi connectivity index (χ0n) is 23.2. The van der Waals surface area contributed by atoms with Crippen molar-refractivity contribution in [3.8, 4) is 11.1 Å². The van der Waals surface area contributed by atoms with E-state index in [0.717, 1.165) is 45.1 Å². The summed E-state index contributed by atoms with van der Waals surface area (Å²) in [4.78, 5) is 38.2. The predicted octanol–water partition coefficient (Wildman–Crippen LogP) is 4.81. The summed E-state index contributed by atoms with van der Waals surface area (Å²) < 4.78 is 11.4. The quantitative estimate of drug-likeness (QED) is 0.276. The van der Waals surface area contributed by atoms with Crippen LogP contribution >= 0.6 is 0 Å². The van der Waals surface area contributed by atoms with Crippen LogP contribution in [0.4, 0.5) is 4.79 Å². The zero-order chi connectivity index (χ0) is 27.7. The lowest BCUT2D eigenvalue weighted by molar-refractivity contribution is -0.154. The standard InChI is InChI=1S/C32H41N3O5/c36-30(28-18-10-20-33-28)35-29(31(37)40-22-11-2-1-3-12-22)17-8-9-19-34-32(38)39-21-27-25-15-6-4-13-23(25)24-14-5-7-16-26(24)27/h4-7,13-16,22,27-29,33H,1-3,8-12,17-21H2,(H,34,38)(H,35,36). The van der Waals surface area contributed by atoms with E-state index in [1.807, 2.05) is 24.3 Å². The molecule has 0 bridgehead atoms. The lowest BCUT2D eigenvalue weighted by Gasteiger charge is -2.26. The summed E-state index contributed by atoms with van der Waals surface area (Å²) in [7, 11) is 0. The predicted molar refractivity (Wildman–Crippen MR) is 153 cm³/mol. The third kappa shape index (κ3) is 7.02. The summed E-state index contributed by atoms with van der Waals surface area (Å²) in [6.07, 6.45) is 8.12. The average molecular weight is 548 g/mol. The first-order valence-corrected chi connectivity index (χ1v) is 14.9. The molecule has 8 heteroatoms. The lowest BCUT2D eigenvalue weighted by atomic mass is 9.97. The van der Waals surface area contributed by atoms with Gasteiger partial charge < -0.3 is 25.4 Å². The van der Waals surface area contributed by atoms with Gasteiger partial charge in [0.1, 0.15) is 18.8 Å². The van der Waals surface area contributed by atoms with E-state index in [1.54, 1.807) is 0 Å². The molecule has 1 saturated carbocycles. The van der Waals surface area contributed by atoms with Crippen LogP contribution in [-0.2, 0) is 19.1 Å². The molecule has 2 atom stereocenters. The van der Waals surface area contributed by atoms with Crippen LogP contribution in [0.25, 0.3) is 11.1 Å². The molecule has 2 aromatic rings. The van der Waals surface area contributed by atoms with Crippen LogP contribution < -0.4 is 16.0 Å². The Morgan fingerprint density at radius 2 is 1.57 bits per heavy atom. The molecule has 1 aliphatic heterocycles. The van der Waals surface area contributed by atoms with Crippen molar-refractivity contribution in [1.82, 2.24) is 16.0 Å². The molecule has 2 unspecified atom stereocenters. The smallest absolute Gasteiger partial charge is 0.407 e. The second kappa shape index (κ2) is 13.8. The van der Waals surface area contributed by atoms with Crippen molar-refractivity contribution in [1.29, 1.82) is 0 Å². The molecule has 0 spiro atoms. The largest absolute Gasteiger partial charge is 0.461 e. The van der Waals surface area contributed by atoms with E-state index in [-0.39, 0.29) is 36.5 Å². The fourth-order valence-corrected chi connectivity index (χ4v) is 6.17. The van der Waals surface area contributed by atoms with Crippen LogP contribution in [0.2, 0.25) is 0 Å². The van der Waals surface area contributed by atoms with Crippen LogP contribution in [-0.4, -0.2) is 55.9 Å². The maximum Gasteiger partial charge on any atom is 0.407 e. The molecule has 2 aromatic carbocycles. The first-order valence-electron chi connectivity index (χ1n) is 14.9. The number of amides is 2. The summed E-state index contributed by atoms with van der Waals surface area (Å²) >= 11 is 0. The molecular formula is C32H41N3O5. The highest BCUT2D eigenvalue weighted by Crippen LogP contribution is 2.44. The lowest BCUT2D eigenvalue weighted by Crippen LogP contribution is -2.49. The van der Waals surface area contributed by atoms with E-state index in [2.05, 4.69) is 40.2 Å². The number of carbonyl (C=O) groups excluding carboxylic acids is 3. The second-order valence-corrected chi connectivity index (χ2v) is 11.2. The third-order valence-electron chi connectivity index (χ3n) is 8.35. The fourth-order valence-electron chi connectivity index (χ4n) is 6.17. The number of hydrogen-bond acceptors (Lipinski definition) is 6. The summed E-state index contributed by atoms with van der Waals surface area (Å²) in [5, 5.41) is 8.95. The first-order chi connectivity index (χ1) is 19.6. The van der Waals surface area contributed by atoms with Crippen LogP contribution in [0.15, 0.2) is 48.5 Å². The molecule has 1 saturated heterocycles. The van der Waals surface area contributed by atoms with Gasteiger partial charge in [-0.3, -0.25) is 4.79 Å². The molecule has 2 fully saturated rings. The normalized spacial score (nSPS) is 19.4. The van der Waals surface area contributed by atoms with Gasteiger partial charge in [0, 0.05) is 12.5 Å². The van der Waals surface area contributed by atoms with Gasteiger partial charge in [0.15, 0.2) is 0 Å². The number of unbranched alkanes of at least 4 members (excludes halogenated alkanes) is 1. The Bertz CT molecular complexity index is 1130. The molecule has 214 valence electrons. The van der Waals surface area contributed by atoms with Gasteiger partial charge in [0.05, 0.1) is 6.04 Å².